The maximum absolute atomic E-state index is 9.60. The molecule has 1 unspecified atom stereocenters. The number of aliphatic hydroxyl groups excluding tert-OH is 1. The van der Waals surface area contributed by atoms with Crippen molar-refractivity contribution >= 4 is 11.6 Å². The summed E-state index contributed by atoms with van der Waals surface area (Å²) in [6.07, 6.45) is 3.92. The second kappa shape index (κ2) is 10.7. The summed E-state index contributed by atoms with van der Waals surface area (Å²) in [6, 6.07) is 9.24. The highest BCUT2D eigenvalue weighted by molar-refractivity contribution is 5.80. The van der Waals surface area contributed by atoms with Crippen LogP contribution in [0.2, 0.25) is 0 Å². The van der Waals surface area contributed by atoms with E-state index >= 15 is 0 Å². The zero-order valence-electron chi connectivity index (χ0n) is 17.5. The summed E-state index contributed by atoms with van der Waals surface area (Å²) in [5, 5.41) is 16.6. The summed E-state index contributed by atoms with van der Waals surface area (Å²) in [5.41, 5.74) is 2.61. The third kappa shape index (κ3) is 6.38. The third-order valence-electron chi connectivity index (χ3n) is 5.73. The fourth-order valence-corrected chi connectivity index (χ4v) is 4.01. The maximum atomic E-state index is 9.60. The molecule has 6 heteroatoms. The van der Waals surface area contributed by atoms with Crippen molar-refractivity contribution in [2.45, 2.75) is 51.7 Å². The van der Waals surface area contributed by atoms with E-state index in [2.05, 4.69) is 58.5 Å². The lowest BCUT2D eigenvalue weighted by Crippen LogP contribution is -2.44. The highest BCUT2D eigenvalue weighted by atomic mass is 16.3. The molecule has 2 saturated heterocycles. The van der Waals surface area contributed by atoms with E-state index in [1.807, 2.05) is 0 Å². The molecule has 1 aromatic rings. The van der Waals surface area contributed by atoms with E-state index in [9.17, 15) is 5.11 Å². The van der Waals surface area contributed by atoms with Crippen LogP contribution in [-0.2, 0) is 0 Å². The van der Waals surface area contributed by atoms with Crippen LogP contribution in [0.25, 0.3) is 0 Å². The van der Waals surface area contributed by atoms with E-state index in [0.29, 0.717) is 6.04 Å². The van der Waals surface area contributed by atoms with Crippen LogP contribution < -0.4 is 15.5 Å². The molecule has 0 saturated carbocycles. The van der Waals surface area contributed by atoms with Crippen molar-refractivity contribution in [2.24, 2.45) is 4.99 Å². The molecule has 1 atom stereocenters. The van der Waals surface area contributed by atoms with Gasteiger partial charge in [-0.1, -0.05) is 17.7 Å². The van der Waals surface area contributed by atoms with Crippen molar-refractivity contribution in [1.29, 1.82) is 0 Å². The second-order valence-electron chi connectivity index (χ2n) is 8.10. The Labute approximate surface area is 170 Å². The Morgan fingerprint density at radius 3 is 2.61 bits per heavy atom. The highest BCUT2D eigenvalue weighted by Crippen LogP contribution is 2.20. The lowest BCUT2D eigenvalue weighted by molar-refractivity contribution is 0.0824. The van der Waals surface area contributed by atoms with Gasteiger partial charge in [0.1, 0.15) is 0 Å². The molecule has 3 rings (SSSR count). The van der Waals surface area contributed by atoms with Gasteiger partial charge in [-0.15, -0.1) is 0 Å². The van der Waals surface area contributed by atoms with Gasteiger partial charge in [0.2, 0.25) is 0 Å². The molecule has 156 valence electrons. The number of aliphatic hydroxyl groups is 1. The van der Waals surface area contributed by atoms with Gasteiger partial charge in [-0.3, -0.25) is 4.99 Å². The molecule has 6 nitrogen and oxygen atoms in total. The molecule has 0 bridgehead atoms. The molecular weight excluding hydrogens is 350 g/mol. The van der Waals surface area contributed by atoms with E-state index in [-0.39, 0.29) is 6.10 Å². The van der Waals surface area contributed by atoms with Crippen molar-refractivity contribution in [3.05, 3.63) is 29.8 Å². The van der Waals surface area contributed by atoms with Crippen molar-refractivity contribution in [3.8, 4) is 0 Å². The second-order valence-corrected chi connectivity index (χ2v) is 8.10. The first-order chi connectivity index (χ1) is 13.6. The number of benzene rings is 1. The topological polar surface area (TPSA) is 63.1 Å². The highest BCUT2D eigenvalue weighted by Gasteiger charge is 2.23. The van der Waals surface area contributed by atoms with Crippen LogP contribution in [0.1, 0.15) is 38.2 Å². The number of anilines is 1. The number of piperidine rings is 1. The van der Waals surface area contributed by atoms with Gasteiger partial charge in [0.05, 0.1) is 6.10 Å². The average molecular weight is 388 g/mol. The summed E-state index contributed by atoms with van der Waals surface area (Å²) in [7, 11) is 0. The molecule has 1 aromatic carbocycles. The van der Waals surface area contributed by atoms with Crippen LogP contribution in [0.15, 0.2) is 29.3 Å². The third-order valence-corrected chi connectivity index (χ3v) is 5.73. The molecule has 0 aliphatic carbocycles. The Morgan fingerprint density at radius 2 is 1.89 bits per heavy atom. The van der Waals surface area contributed by atoms with Crippen molar-refractivity contribution < 1.29 is 5.11 Å². The standard InChI is InChI=1S/C22H37N5O/c1-3-23-22(24-12-4-13-26-14-10-21(28)11-15-26)25-19-9-16-27(17-19)20-7-5-18(2)6-8-20/h5-8,19,21,28H,3-4,9-17H2,1-2H3,(H2,23,24,25). The van der Waals surface area contributed by atoms with Crippen LogP contribution in [-0.4, -0.2) is 73.9 Å². The lowest BCUT2D eigenvalue weighted by Gasteiger charge is -2.29. The molecule has 0 amide bonds. The Balaban J connectivity index is 1.42. The minimum Gasteiger partial charge on any atom is -0.393 e. The summed E-state index contributed by atoms with van der Waals surface area (Å²) in [5.74, 6) is 0.937. The SMILES string of the molecule is CCNC(=NCCCN1CCC(O)CC1)NC1CCN(c2ccc(C)cc2)C1. The van der Waals surface area contributed by atoms with Crippen LogP contribution >= 0.6 is 0 Å². The number of hydrogen-bond acceptors (Lipinski definition) is 4. The Bertz CT molecular complexity index is 610. The Morgan fingerprint density at radius 1 is 1.14 bits per heavy atom. The molecule has 3 N–H and O–H groups in total. The summed E-state index contributed by atoms with van der Waals surface area (Å²) < 4.78 is 0. The number of rotatable bonds is 7. The minimum absolute atomic E-state index is 0.0929. The van der Waals surface area contributed by atoms with Crippen LogP contribution in [0.5, 0.6) is 0 Å². The van der Waals surface area contributed by atoms with E-state index in [0.717, 1.165) is 77.5 Å². The van der Waals surface area contributed by atoms with Gasteiger partial charge in [0.25, 0.3) is 0 Å². The maximum Gasteiger partial charge on any atom is 0.191 e. The molecule has 0 radical (unpaired) electrons. The molecule has 0 aromatic heterocycles. The Hall–Kier alpha value is -1.79. The fraction of sp³-hybridized carbons (Fsp3) is 0.682. The number of hydrogen-bond donors (Lipinski definition) is 3. The van der Waals surface area contributed by atoms with E-state index in [4.69, 9.17) is 4.99 Å². The predicted octanol–water partition coefficient (Wildman–Crippen LogP) is 1.98. The number of likely N-dealkylation sites (tertiary alicyclic amines) is 1. The van der Waals surface area contributed by atoms with Crippen molar-refractivity contribution in [3.63, 3.8) is 0 Å². The van der Waals surface area contributed by atoms with Crippen LogP contribution in [0.4, 0.5) is 5.69 Å². The monoisotopic (exact) mass is 387 g/mol. The molecule has 2 aliphatic rings. The molecule has 2 heterocycles. The quantitative estimate of drug-likeness (QED) is 0.379. The number of nitrogens with zero attached hydrogens (tertiary/aromatic N) is 3. The summed E-state index contributed by atoms with van der Waals surface area (Å²) in [6.45, 7) is 11.2. The van der Waals surface area contributed by atoms with Crippen LogP contribution in [0.3, 0.4) is 0 Å². The zero-order valence-corrected chi connectivity index (χ0v) is 17.5. The van der Waals surface area contributed by atoms with Crippen molar-refractivity contribution in [2.75, 3.05) is 50.7 Å². The number of nitrogens with one attached hydrogen (secondary N) is 2. The minimum atomic E-state index is -0.0929. The largest absolute Gasteiger partial charge is 0.393 e. The van der Waals surface area contributed by atoms with E-state index < -0.39 is 0 Å². The molecule has 2 aliphatic heterocycles. The van der Waals surface area contributed by atoms with Gasteiger partial charge >= 0.3 is 0 Å². The first-order valence-corrected chi connectivity index (χ1v) is 10.9. The summed E-state index contributed by atoms with van der Waals surface area (Å²) in [4.78, 5) is 9.68. The van der Waals surface area contributed by atoms with Gasteiger partial charge in [-0.25, -0.2) is 0 Å². The van der Waals surface area contributed by atoms with Crippen LogP contribution in [0, 0.1) is 6.92 Å². The van der Waals surface area contributed by atoms with Gasteiger partial charge in [-0.2, -0.15) is 0 Å². The van der Waals surface area contributed by atoms with Crippen molar-refractivity contribution in [1.82, 2.24) is 15.5 Å². The normalized spacial score (nSPS) is 21.9. The first kappa shape index (κ1) is 20.9. The van der Waals surface area contributed by atoms with E-state index in [1.54, 1.807) is 0 Å². The molecule has 28 heavy (non-hydrogen) atoms. The first-order valence-electron chi connectivity index (χ1n) is 10.9. The van der Waals surface area contributed by atoms with Gasteiger partial charge in [0.15, 0.2) is 5.96 Å². The average Bonchev–Trinajstić information content (AvgIpc) is 3.16. The molecule has 2 fully saturated rings. The van der Waals surface area contributed by atoms with Gasteiger partial charge in [0, 0.05) is 51.0 Å². The number of guanidine groups is 1. The summed E-state index contributed by atoms with van der Waals surface area (Å²) >= 11 is 0. The molecular formula is C22H37N5O. The molecule has 0 spiro atoms. The lowest BCUT2D eigenvalue weighted by atomic mass is 10.1. The fourth-order valence-electron chi connectivity index (χ4n) is 4.01. The number of aliphatic imine (C=N–C) groups is 1. The Kier molecular flexibility index (Phi) is 7.98. The predicted molar refractivity (Wildman–Crippen MR) is 117 cm³/mol. The number of aryl methyl sites for hydroxylation is 1. The van der Waals surface area contributed by atoms with E-state index in [1.165, 1.54) is 11.3 Å². The zero-order chi connectivity index (χ0) is 19.8. The van der Waals surface area contributed by atoms with Gasteiger partial charge < -0.3 is 25.5 Å². The van der Waals surface area contributed by atoms with Gasteiger partial charge in [-0.05, 0) is 58.2 Å². The smallest absolute Gasteiger partial charge is 0.191 e.